The van der Waals surface area contributed by atoms with E-state index in [1.807, 2.05) is 0 Å². The highest BCUT2D eigenvalue weighted by molar-refractivity contribution is 14.1. The van der Waals surface area contributed by atoms with Crippen LogP contribution in [0.2, 0.25) is 0 Å². The van der Waals surface area contributed by atoms with E-state index in [9.17, 15) is 4.79 Å². The largest absolute Gasteiger partial charge is 0.366 e. The van der Waals surface area contributed by atoms with Gasteiger partial charge in [0.05, 0.1) is 11.4 Å². The van der Waals surface area contributed by atoms with Gasteiger partial charge in [-0.05, 0) is 53.6 Å². The van der Waals surface area contributed by atoms with Gasteiger partial charge in [-0.25, -0.2) is 0 Å². The average molecular weight is 328 g/mol. The first kappa shape index (κ1) is 10.4. The van der Waals surface area contributed by atoms with Crippen molar-refractivity contribution in [3.63, 3.8) is 0 Å². The third-order valence-electron chi connectivity index (χ3n) is 3.11. The summed E-state index contributed by atoms with van der Waals surface area (Å²) in [5, 5.41) is 2.99. The summed E-state index contributed by atoms with van der Waals surface area (Å²) < 4.78 is 1.16. The Morgan fingerprint density at radius 1 is 1.38 bits per heavy atom. The second-order valence-corrected chi connectivity index (χ2v) is 5.63. The van der Waals surface area contributed by atoms with Crippen LogP contribution in [0.25, 0.3) is 0 Å². The van der Waals surface area contributed by atoms with E-state index in [-0.39, 0.29) is 5.91 Å². The van der Waals surface area contributed by atoms with Crippen molar-refractivity contribution < 1.29 is 4.79 Å². The number of benzene rings is 1. The van der Waals surface area contributed by atoms with E-state index in [1.165, 1.54) is 18.5 Å². The maximum atomic E-state index is 11.6. The highest BCUT2D eigenvalue weighted by Gasteiger charge is 2.32. The van der Waals surface area contributed by atoms with Crippen LogP contribution in [0, 0.1) is 3.57 Å². The minimum atomic E-state index is 0.131. The number of carbonyl (C=O) groups is 1. The SMILES string of the molecule is O=C1CCN(C2CC2)c2ccc(I)cc2N1. The first-order valence-electron chi connectivity index (χ1n) is 5.60. The van der Waals surface area contributed by atoms with Crippen LogP contribution in [0.5, 0.6) is 0 Å². The number of carbonyl (C=O) groups excluding carboxylic acids is 1. The number of nitrogens with zero attached hydrogens (tertiary/aromatic N) is 1. The number of amides is 1. The zero-order chi connectivity index (χ0) is 11.1. The summed E-state index contributed by atoms with van der Waals surface area (Å²) in [6.07, 6.45) is 3.13. The quantitative estimate of drug-likeness (QED) is 0.804. The van der Waals surface area contributed by atoms with Gasteiger partial charge < -0.3 is 10.2 Å². The molecule has 1 aromatic rings. The predicted molar refractivity (Wildman–Crippen MR) is 72.8 cm³/mol. The number of hydrogen-bond acceptors (Lipinski definition) is 2. The molecule has 16 heavy (non-hydrogen) atoms. The molecular weight excluding hydrogens is 315 g/mol. The molecule has 1 aromatic carbocycles. The molecule has 0 atom stereocenters. The van der Waals surface area contributed by atoms with Gasteiger partial charge in [-0.3, -0.25) is 4.79 Å². The lowest BCUT2D eigenvalue weighted by molar-refractivity contribution is -0.115. The van der Waals surface area contributed by atoms with E-state index >= 15 is 0 Å². The van der Waals surface area contributed by atoms with Crippen LogP contribution < -0.4 is 10.2 Å². The van der Waals surface area contributed by atoms with Crippen molar-refractivity contribution in [2.45, 2.75) is 25.3 Å². The van der Waals surface area contributed by atoms with Crippen molar-refractivity contribution in [3.05, 3.63) is 21.8 Å². The highest BCUT2D eigenvalue weighted by Crippen LogP contribution is 2.38. The molecule has 1 saturated carbocycles. The molecule has 0 aromatic heterocycles. The van der Waals surface area contributed by atoms with Crippen molar-refractivity contribution in [1.29, 1.82) is 0 Å². The van der Waals surface area contributed by atoms with Gasteiger partial charge in [0.2, 0.25) is 5.91 Å². The van der Waals surface area contributed by atoms with Gasteiger partial charge in [0.15, 0.2) is 0 Å². The molecule has 84 valence electrons. The van der Waals surface area contributed by atoms with Gasteiger partial charge in [-0.15, -0.1) is 0 Å². The maximum Gasteiger partial charge on any atom is 0.226 e. The zero-order valence-corrected chi connectivity index (χ0v) is 11.0. The van der Waals surface area contributed by atoms with Gasteiger partial charge in [-0.2, -0.15) is 0 Å². The Balaban J connectivity index is 2.04. The summed E-state index contributed by atoms with van der Waals surface area (Å²) in [5.74, 6) is 0.131. The minimum Gasteiger partial charge on any atom is -0.366 e. The lowest BCUT2D eigenvalue weighted by Crippen LogP contribution is -2.26. The lowest BCUT2D eigenvalue weighted by atomic mass is 10.2. The van der Waals surface area contributed by atoms with Gasteiger partial charge in [0, 0.05) is 22.6 Å². The summed E-state index contributed by atoms with van der Waals surface area (Å²) in [4.78, 5) is 14.0. The Morgan fingerprint density at radius 2 is 2.19 bits per heavy atom. The summed E-state index contributed by atoms with van der Waals surface area (Å²) in [6.45, 7) is 0.851. The average Bonchev–Trinajstić information content (AvgIpc) is 3.03. The lowest BCUT2D eigenvalue weighted by Gasteiger charge is -2.23. The van der Waals surface area contributed by atoms with Crippen LogP contribution in [-0.2, 0) is 4.79 Å². The van der Waals surface area contributed by atoms with Crippen molar-refractivity contribution in [2.24, 2.45) is 0 Å². The van der Waals surface area contributed by atoms with E-state index in [1.54, 1.807) is 0 Å². The zero-order valence-electron chi connectivity index (χ0n) is 8.87. The number of halogens is 1. The molecule has 0 saturated heterocycles. The Labute approximate surface area is 108 Å². The molecule has 4 heteroatoms. The Hall–Kier alpha value is -0.780. The second-order valence-electron chi connectivity index (χ2n) is 4.38. The minimum absolute atomic E-state index is 0.131. The summed E-state index contributed by atoms with van der Waals surface area (Å²) in [6, 6.07) is 6.94. The van der Waals surface area contributed by atoms with Crippen LogP contribution in [0.3, 0.4) is 0 Å². The van der Waals surface area contributed by atoms with E-state index in [0.717, 1.165) is 15.8 Å². The third-order valence-corrected chi connectivity index (χ3v) is 3.78. The molecule has 1 N–H and O–H groups in total. The van der Waals surface area contributed by atoms with E-state index in [2.05, 4.69) is 51.0 Å². The van der Waals surface area contributed by atoms with E-state index in [4.69, 9.17) is 0 Å². The Kier molecular flexibility index (Phi) is 2.53. The molecule has 1 aliphatic carbocycles. The first-order chi connectivity index (χ1) is 7.74. The van der Waals surface area contributed by atoms with Crippen LogP contribution >= 0.6 is 22.6 Å². The monoisotopic (exact) mass is 328 g/mol. The Bertz CT molecular complexity index is 443. The van der Waals surface area contributed by atoms with Crippen LogP contribution in [-0.4, -0.2) is 18.5 Å². The summed E-state index contributed by atoms with van der Waals surface area (Å²) in [5.41, 5.74) is 2.16. The molecule has 0 bridgehead atoms. The number of anilines is 2. The van der Waals surface area contributed by atoms with Crippen molar-refractivity contribution in [2.75, 3.05) is 16.8 Å². The Morgan fingerprint density at radius 3 is 2.94 bits per heavy atom. The van der Waals surface area contributed by atoms with Gasteiger partial charge in [0.1, 0.15) is 0 Å². The fraction of sp³-hybridized carbons (Fsp3) is 0.417. The molecule has 3 rings (SSSR count). The maximum absolute atomic E-state index is 11.6. The fourth-order valence-electron chi connectivity index (χ4n) is 2.18. The third kappa shape index (κ3) is 1.90. The number of hydrogen-bond donors (Lipinski definition) is 1. The predicted octanol–water partition coefficient (Wildman–Crippen LogP) is 2.60. The fourth-order valence-corrected chi connectivity index (χ4v) is 2.67. The standard InChI is InChI=1S/C12H13IN2O/c13-8-1-4-11-10(7-8)14-12(16)5-6-15(11)9-2-3-9/h1,4,7,9H,2-3,5-6H2,(H,14,16). The topological polar surface area (TPSA) is 32.3 Å². The molecule has 0 radical (unpaired) electrons. The number of fused-ring (bicyclic) bond motifs is 1. The van der Waals surface area contributed by atoms with Crippen LogP contribution in [0.15, 0.2) is 18.2 Å². The van der Waals surface area contributed by atoms with Gasteiger partial charge in [0.25, 0.3) is 0 Å². The molecule has 0 spiro atoms. The highest BCUT2D eigenvalue weighted by atomic mass is 127. The van der Waals surface area contributed by atoms with Crippen LogP contribution in [0.1, 0.15) is 19.3 Å². The molecule has 2 aliphatic rings. The van der Waals surface area contributed by atoms with E-state index in [0.29, 0.717) is 12.5 Å². The molecule has 1 heterocycles. The molecule has 1 amide bonds. The molecule has 0 unspecified atom stereocenters. The van der Waals surface area contributed by atoms with Crippen molar-refractivity contribution in [3.8, 4) is 0 Å². The second kappa shape index (κ2) is 3.91. The van der Waals surface area contributed by atoms with Gasteiger partial charge in [-0.1, -0.05) is 0 Å². The summed E-state index contributed by atoms with van der Waals surface area (Å²) in [7, 11) is 0. The molecule has 1 fully saturated rings. The molecule has 1 aliphatic heterocycles. The van der Waals surface area contributed by atoms with Crippen LogP contribution in [0.4, 0.5) is 11.4 Å². The molecule has 3 nitrogen and oxygen atoms in total. The van der Waals surface area contributed by atoms with E-state index < -0.39 is 0 Å². The first-order valence-corrected chi connectivity index (χ1v) is 6.68. The van der Waals surface area contributed by atoms with Crippen molar-refractivity contribution >= 4 is 39.9 Å². The smallest absolute Gasteiger partial charge is 0.226 e. The van der Waals surface area contributed by atoms with Gasteiger partial charge >= 0.3 is 0 Å². The normalized spacial score (nSPS) is 20.1. The number of rotatable bonds is 1. The summed E-state index contributed by atoms with van der Waals surface area (Å²) >= 11 is 2.28. The van der Waals surface area contributed by atoms with Crippen molar-refractivity contribution in [1.82, 2.24) is 0 Å². The molecular formula is C12H13IN2O. The number of nitrogens with one attached hydrogen (secondary N) is 1.